The maximum absolute atomic E-state index is 7.42. The van der Waals surface area contributed by atoms with E-state index in [1.807, 2.05) is 0 Å². The fraction of sp³-hybridized carbons (Fsp3) is 0.351. The van der Waals surface area contributed by atoms with Crippen molar-refractivity contribution < 1.29 is 8.23 Å². The second kappa shape index (κ2) is 9.89. The monoisotopic (exact) mass is 662 g/mol. The SMILES string of the molecule is C[Si]1(C)O[Si](C)(C)c2ccc3c(c2)c2cc4ccc2n3CCCCCn2c3ccc1cc3c1cc(ccc12)[Si](C)(C)O[Si]4(C)C. The number of hydrogen-bond donors (Lipinski definition) is 0. The van der Waals surface area contributed by atoms with E-state index in [0.29, 0.717) is 0 Å². The summed E-state index contributed by atoms with van der Waals surface area (Å²) in [6.07, 6.45) is 3.54. The van der Waals surface area contributed by atoms with E-state index in [1.54, 1.807) is 0 Å². The number of aryl methyl sites for hydroxylation is 2. The summed E-state index contributed by atoms with van der Waals surface area (Å²) in [4.78, 5) is 0. The van der Waals surface area contributed by atoms with E-state index in [-0.39, 0.29) is 0 Å². The highest BCUT2D eigenvalue weighted by Crippen LogP contribution is 2.33. The lowest BCUT2D eigenvalue weighted by Crippen LogP contribution is -2.57. The molecule has 0 aliphatic carbocycles. The minimum atomic E-state index is -2.25. The third-order valence-corrected chi connectivity index (χ3v) is 25.8. The summed E-state index contributed by atoms with van der Waals surface area (Å²) in [6.45, 7) is 21.3. The topological polar surface area (TPSA) is 28.3 Å². The first kappa shape index (κ1) is 29.7. The summed E-state index contributed by atoms with van der Waals surface area (Å²) in [5, 5.41) is 11.0. The van der Waals surface area contributed by atoms with Crippen molar-refractivity contribution in [2.75, 3.05) is 0 Å². The Hall–Kier alpha value is -2.73. The molecule has 0 radical (unpaired) electrons. The molecule has 0 amide bonds. The molecule has 0 saturated heterocycles. The van der Waals surface area contributed by atoms with Gasteiger partial charge in [0.05, 0.1) is 0 Å². The van der Waals surface area contributed by atoms with Crippen LogP contribution in [0.2, 0.25) is 52.4 Å². The lowest BCUT2D eigenvalue weighted by Gasteiger charge is -2.35. The Bertz CT molecular complexity index is 1880. The predicted molar refractivity (Wildman–Crippen MR) is 203 cm³/mol. The fourth-order valence-electron chi connectivity index (χ4n) is 8.42. The summed E-state index contributed by atoms with van der Waals surface area (Å²) in [6, 6.07) is 29.1. The molecule has 8 aliphatic rings. The van der Waals surface area contributed by atoms with Crippen LogP contribution in [-0.4, -0.2) is 42.4 Å². The largest absolute Gasteiger partial charge is 0.449 e. The predicted octanol–water partition coefficient (Wildman–Crippen LogP) is 7.48. The lowest BCUT2D eigenvalue weighted by molar-refractivity contribution is 0.569. The van der Waals surface area contributed by atoms with Gasteiger partial charge in [-0.3, -0.25) is 0 Å². The Morgan fingerprint density at radius 2 is 0.667 bits per heavy atom. The van der Waals surface area contributed by atoms with E-state index in [2.05, 4.69) is 134 Å². The number of hydrogen-bond acceptors (Lipinski definition) is 2. The first-order chi connectivity index (χ1) is 21.3. The summed E-state index contributed by atoms with van der Waals surface area (Å²) >= 11 is 0. The van der Waals surface area contributed by atoms with Crippen LogP contribution in [0.5, 0.6) is 0 Å². The first-order valence-electron chi connectivity index (χ1n) is 16.8. The first-order valence-corrected chi connectivity index (χ1v) is 28.4. The summed E-state index contributed by atoms with van der Waals surface area (Å²) < 4.78 is 20.0. The van der Waals surface area contributed by atoms with E-state index < -0.39 is 33.3 Å². The zero-order chi connectivity index (χ0) is 31.5. The van der Waals surface area contributed by atoms with E-state index in [9.17, 15) is 0 Å². The molecule has 0 atom stereocenters. The van der Waals surface area contributed by atoms with Gasteiger partial charge in [0.25, 0.3) is 0 Å². The van der Waals surface area contributed by atoms with Crippen molar-refractivity contribution in [1.82, 2.24) is 9.13 Å². The molecule has 4 aromatic carbocycles. The van der Waals surface area contributed by atoms with Gasteiger partial charge in [-0.25, -0.2) is 0 Å². The molecule has 8 heteroatoms. The van der Waals surface area contributed by atoms with Crippen molar-refractivity contribution >= 4 is 97.6 Å². The van der Waals surface area contributed by atoms with E-state index in [4.69, 9.17) is 8.23 Å². The van der Waals surface area contributed by atoms with Crippen LogP contribution in [0.25, 0.3) is 43.6 Å². The van der Waals surface area contributed by atoms with Crippen molar-refractivity contribution in [3.8, 4) is 0 Å². The summed E-state index contributed by atoms with van der Waals surface area (Å²) in [7, 11) is -9.01. The second-order valence-electron chi connectivity index (χ2n) is 15.5. The van der Waals surface area contributed by atoms with Crippen molar-refractivity contribution in [2.45, 2.75) is 84.7 Å². The molecule has 6 aromatic rings. The molecule has 14 bridgehead atoms. The minimum absolute atomic E-state index is 1.03. The Labute approximate surface area is 271 Å². The summed E-state index contributed by atoms with van der Waals surface area (Å²) in [5.41, 5.74) is 5.40. The molecule has 0 fully saturated rings. The van der Waals surface area contributed by atoms with E-state index in [1.165, 1.54) is 83.6 Å². The van der Waals surface area contributed by atoms with Gasteiger partial charge in [0.2, 0.25) is 33.3 Å². The average molecular weight is 663 g/mol. The molecule has 0 saturated carbocycles. The zero-order valence-electron chi connectivity index (χ0n) is 28.2. The molecule has 0 N–H and O–H groups in total. The van der Waals surface area contributed by atoms with Crippen LogP contribution >= 0.6 is 0 Å². The van der Waals surface area contributed by atoms with Crippen molar-refractivity contribution in [2.24, 2.45) is 0 Å². The van der Waals surface area contributed by atoms with Gasteiger partial charge < -0.3 is 17.4 Å². The highest BCUT2D eigenvalue weighted by atomic mass is 28.4. The van der Waals surface area contributed by atoms with Crippen LogP contribution in [0.1, 0.15) is 19.3 Å². The third-order valence-electron chi connectivity index (χ3n) is 10.8. The van der Waals surface area contributed by atoms with Crippen LogP contribution in [-0.2, 0) is 21.3 Å². The van der Waals surface area contributed by atoms with E-state index >= 15 is 0 Å². The van der Waals surface area contributed by atoms with Crippen LogP contribution in [0, 0.1) is 0 Å². The standard InChI is InChI=1S/C37H46N2O2Si4/c1-42(2)26-12-16-34-30(22-26)31-24-28-14-18-35(31)38(34)20-10-9-11-21-39-36-17-13-27(43(3,4)40-42)23-32(36)33-25-29(15-19-37(33)39)45(7,8)41-44(28,5)6/h12-19,22-25H,9-11,20-21H2,1-8H3. The molecule has 45 heavy (non-hydrogen) atoms. The highest BCUT2D eigenvalue weighted by molar-refractivity contribution is 6.98. The van der Waals surface area contributed by atoms with Crippen LogP contribution in [0.4, 0.5) is 0 Å². The Kier molecular flexibility index (Phi) is 6.52. The molecule has 14 rings (SSSR count). The Morgan fingerprint density at radius 1 is 0.400 bits per heavy atom. The van der Waals surface area contributed by atoms with Crippen molar-refractivity contribution in [1.29, 1.82) is 0 Å². The molecule has 232 valence electrons. The summed E-state index contributed by atoms with van der Waals surface area (Å²) in [5.74, 6) is 0. The number of aromatic nitrogens is 2. The molecule has 8 aliphatic heterocycles. The van der Waals surface area contributed by atoms with Crippen molar-refractivity contribution in [3.05, 3.63) is 72.8 Å². The smallest absolute Gasteiger partial charge is 0.206 e. The van der Waals surface area contributed by atoms with Crippen molar-refractivity contribution in [3.63, 3.8) is 0 Å². The number of rotatable bonds is 0. The lowest BCUT2D eigenvalue weighted by atomic mass is 10.1. The third kappa shape index (κ3) is 4.63. The van der Waals surface area contributed by atoms with Gasteiger partial charge in [0, 0.05) is 56.7 Å². The van der Waals surface area contributed by atoms with Gasteiger partial charge in [-0.2, -0.15) is 0 Å². The normalized spacial score (nSPS) is 20.5. The fourth-order valence-corrected chi connectivity index (χ4v) is 24.4. The van der Waals surface area contributed by atoms with Gasteiger partial charge in [-0.1, -0.05) is 48.5 Å². The molecule has 2 aromatic heterocycles. The van der Waals surface area contributed by atoms with Crippen LogP contribution in [0.3, 0.4) is 0 Å². The van der Waals surface area contributed by atoms with Gasteiger partial charge in [-0.05, 0) is 117 Å². The van der Waals surface area contributed by atoms with Gasteiger partial charge in [-0.15, -0.1) is 0 Å². The number of benzene rings is 4. The number of nitrogens with zero attached hydrogens (tertiary/aromatic N) is 2. The average Bonchev–Trinajstić information content (AvgIpc) is 3.46. The highest BCUT2D eigenvalue weighted by Gasteiger charge is 2.39. The Balaban J connectivity index is 1.49. The molecule has 0 unspecified atom stereocenters. The van der Waals surface area contributed by atoms with Crippen LogP contribution < -0.4 is 20.7 Å². The van der Waals surface area contributed by atoms with Crippen LogP contribution in [0.15, 0.2) is 72.8 Å². The van der Waals surface area contributed by atoms with Gasteiger partial charge >= 0.3 is 0 Å². The molecular formula is C37H46N2O2Si4. The van der Waals surface area contributed by atoms with Gasteiger partial charge in [0.15, 0.2) is 0 Å². The quantitative estimate of drug-likeness (QED) is 0.158. The zero-order valence-corrected chi connectivity index (χ0v) is 32.2. The molecule has 10 heterocycles. The van der Waals surface area contributed by atoms with E-state index in [0.717, 1.165) is 13.1 Å². The molecule has 4 nitrogen and oxygen atoms in total. The molecule has 0 spiro atoms. The molecular weight excluding hydrogens is 617 g/mol. The van der Waals surface area contributed by atoms with Gasteiger partial charge in [0.1, 0.15) is 0 Å². The minimum Gasteiger partial charge on any atom is -0.449 e. The Morgan fingerprint density at radius 3 is 0.933 bits per heavy atom. The maximum atomic E-state index is 7.42. The second-order valence-corrected chi connectivity index (χ2v) is 31.6. The maximum Gasteiger partial charge on any atom is 0.206 e.